The summed E-state index contributed by atoms with van der Waals surface area (Å²) in [5, 5.41) is 11.4. The average Bonchev–Trinajstić information content (AvgIpc) is 2.92. The molecule has 2 heterocycles. The van der Waals surface area contributed by atoms with Crippen LogP contribution < -0.4 is 0 Å². The van der Waals surface area contributed by atoms with E-state index in [1.54, 1.807) is 11.7 Å². The third-order valence-electron chi connectivity index (χ3n) is 3.72. The highest BCUT2D eigenvalue weighted by molar-refractivity contribution is 5.94. The number of benzene rings is 1. The van der Waals surface area contributed by atoms with Gasteiger partial charge in [-0.25, -0.2) is 4.68 Å². The molecule has 2 aromatic rings. The molecule has 0 N–H and O–H groups in total. The molecule has 0 bridgehead atoms. The molecule has 0 spiro atoms. The summed E-state index contributed by atoms with van der Waals surface area (Å²) in [6, 6.07) is 7.37. The zero-order chi connectivity index (χ0) is 15.7. The first-order valence-electron chi connectivity index (χ1n) is 7.32. The fourth-order valence-corrected chi connectivity index (χ4v) is 2.76. The molecule has 1 aromatic carbocycles. The van der Waals surface area contributed by atoms with Gasteiger partial charge in [-0.2, -0.15) is 0 Å². The quantitative estimate of drug-likeness (QED) is 0.831. The molecule has 7 nitrogen and oxygen atoms in total. The van der Waals surface area contributed by atoms with Gasteiger partial charge >= 0.3 is 0 Å². The number of aryl methyl sites for hydroxylation is 1. The highest BCUT2D eigenvalue weighted by Crippen LogP contribution is 2.18. The number of ether oxygens (including phenoxy) is 1. The maximum absolute atomic E-state index is 12.6. The second-order valence-electron chi connectivity index (χ2n) is 5.67. The van der Waals surface area contributed by atoms with Gasteiger partial charge in [0.2, 0.25) is 0 Å². The van der Waals surface area contributed by atoms with Gasteiger partial charge in [-0.1, -0.05) is 12.1 Å². The van der Waals surface area contributed by atoms with Crippen molar-refractivity contribution in [1.82, 2.24) is 25.1 Å². The molecule has 3 rings (SSSR count). The van der Waals surface area contributed by atoms with Crippen molar-refractivity contribution in [1.29, 1.82) is 0 Å². The van der Waals surface area contributed by atoms with Crippen molar-refractivity contribution in [2.45, 2.75) is 26.1 Å². The lowest BCUT2D eigenvalue weighted by Gasteiger charge is -2.35. The van der Waals surface area contributed by atoms with Gasteiger partial charge in [-0.15, -0.1) is 5.10 Å². The van der Waals surface area contributed by atoms with Gasteiger partial charge in [-0.3, -0.25) is 4.79 Å². The molecule has 0 radical (unpaired) electrons. The van der Waals surface area contributed by atoms with Gasteiger partial charge in [0.05, 0.1) is 12.2 Å². The number of hydrogen-bond donors (Lipinski definition) is 0. The van der Waals surface area contributed by atoms with Crippen molar-refractivity contribution in [2.75, 3.05) is 13.1 Å². The van der Waals surface area contributed by atoms with E-state index in [0.29, 0.717) is 24.5 Å². The van der Waals surface area contributed by atoms with Gasteiger partial charge in [0.25, 0.3) is 5.91 Å². The number of amides is 1. The minimum atomic E-state index is 0.0321. The summed E-state index contributed by atoms with van der Waals surface area (Å²) < 4.78 is 7.26. The van der Waals surface area contributed by atoms with Gasteiger partial charge in [0.15, 0.2) is 5.82 Å². The van der Waals surface area contributed by atoms with E-state index in [9.17, 15) is 4.79 Å². The second kappa shape index (κ2) is 5.84. The first-order chi connectivity index (χ1) is 10.5. The van der Waals surface area contributed by atoms with E-state index in [2.05, 4.69) is 15.5 Å². The Balaban J connectivity index is 1.78. The fourth-order valence-electron chi connectivity index (χ4n) is 2.76. The summed E-state index contributed by atoms with van der Waals surface area (Å²) in [5.74, 6) is 0.706. The second-order valence-corrected chi connectivity index (χ2v) is 5.67. The molecule has 1 fully saturated rings. The lowest BCUT2D eigenvalue weighted by Crippen LogP contribution is -2.48. The molecule has 0 unspecified atom stereocenters. The number of hydrogen-bond acceptors (Lipinski definition) is 5. The van der Waals surface area contributed by atoms with Crippen LogP contribution in [0.25, 0.3) is 11.4 Å². The molecule has 1 aromatic heterocycles. The smallest absolute Gasteiger partial charge is 0.254 e. The van der Waals surface area contributed by atoms with Crippen molar-refractivity contribution in [3.8, 4) is 11.4 Å². The number of morpholine rings is 1. The van der Waals surface area contributed by atoms with Crippen molar-refractivity contribution in [3.05, 3.63) is 29.8 Å². The Morgan fingerprint density at radius 1 is 1.18 bits per heavy atom. The Hall–Kier alpha value is -2.28. The molecule has 1 aliphatic rings. The van der Waals surface area contributed by atoms with Crippen LogP contribution in [-0.2, 0) is 11.8 Å². The van der Waals surface area contributed by atoms with Crippen molar-refractivity contribution >= 4 is 5.91 Å². The van der Waals surface area contributed by atoms with E-state index in [4.69, 9.17) is 4.74 Å². The number of rotatable bonds is 2. The van der Waals surface area contributed by atoms with Crippen LogP contribution in [0.15, 0.2) is 24.3 Å². The van der Waals surface area contributed by atoms with E-state index >= 15 is 0 Å². The molecule has 7 heteroatoms. The molecule has 1 aliphatic heterocycles. The normalized spacial score (nSPS) is 21.9. The molecule has 2 atom stereocenters. The fraction of sp³-hybridized carbons (Fsp3) is 0.467. The Morgan fingerprint density at radius 2 is 1.82 bits per heavy atom. The largest absolute Gasteiger partial charge is 0.372 e. The molecule has 1 saturated heterocycles. The van der Waals surface area contributed by atoms with Crippen LogP contribution in [0.2, 0.25) is 0 Å². The third-order valence-corrected chi connectivity index (χ3v) is 3.72. The zero-order valence-electron chi connectivity index (χ0n) is 12.9. The van der Waals surface area contributed by atoms with Crippen LogP contribution in [0.5, 0.6) is 0 Å². The van der Waals surface area contributed by atoms with Crippen LogP contribution in [0, 0.1) is 0 Å². The minimum Gasteiger partial charge on any atom is -0.372 e. The van der Waals surface area contributed by atoms with Gasteiger partial charge in [0, 0.05) is 31.3 Å². The number of aromatic nitrogens is 4. The Labute approximate surface area is 128 Å². The summed E-state index contributed by atoms with van der Waals surface area (Å²) >= 11 is 0. The first-order valence-corrected chi connectivity index (χ1v) is 7.32. The van der Waals surface area contributed by atoms with Crippen molar-refractivity contribution in [3.63, 3.8) is 0 Å². The van der Waals surface area contributed by atoms with Crippen molar-refractivity contribution < 1.29 is 9.53 Å². The van der Waals surface area contributed by atoms with E-state index < -0.39 is 0 Å². The average molecular weight is 301 g/mol. The molecule has 0 saturated carbocycles. The molecule has 1 amide bonds. The SMILES string of the molecule is C[C@@H]1CN(C(=O)c2ccc(-c3nnnn3C)cc2)C[C@H](C)O1. The van der Waals surface area contributed by atoms with Gasteiger partial charge in [-0.05, 0) is 36.4 Å². The summed E-state index contributed by atoms with van der Waals surface area (Å²) in [6.45, 7) is 5.22. The van der Waals surface area contributed by atoms with Crippen LogP contribution in [-0.4, -0.2) is 56.3 Å². The molecule has 22 heavy (non-hydrogen) atoms. The zero-order valence-corrected chi connectivity index (χ0v) is 12.9. The predicted octanol–water partition coefficient (Wildman–Crippen LogP) is 1.13. The third kappa shape index (κ3) is 2.85. The number of tetrazole rings is 1. The van der Waals surface area contributed by atoms with E-state index in [1.165, 1.54) is 0 Å². The Kier molecular flexibility index (Phi) is 3.89. The molecule has 116 valence electrons. The van der Waals surface area contributed by atoms with Crippen LogP contribution in [0.3, 0.4) is 0 Å². The Morgan fingerprint density at radius 3 is 2.36 bits per heavy atom. The number of carbonyl (C=O) groups is 1. The maximum atomic E-state index is 12.6. The highest BCUT2D eigenvalue weighted by Gasteiger charge is 2.26. The minimum absolute atomic E-state index is 0.0321. The predicted molar refractivity (Wildman–Crippen MR) is 80.1 cm³/mol. The maximum Gasteiger partial charge on any atom is 0.254 e. The molecular weight excluding hydrogens is 282 g/mol. The number of carbonyl (C=O) groups excluding carboxylic acids is 1. The lowest BCUT2D eigenvalue weighted by molar-refractivity contribution is -0.0586. The first kappa shape index (κ1) is 14.6. The highest BCUT2D eigenvalue weighted by atomic mass is 16.5. The van der Waals surface area contributed by atoms with E-state index in [-0.39, 0.29) is 18.1 Å². The Bertz CT molecular complexity index is 657. The van der Waals surface area contributed by atoms with E-state index in [0.717, 1.165) is 5.56 Å². The topological polar surface area (TPSA) is 73.1 Å². The summed E-state index contributed by atoms with van der Waals surface area (Å²) in [7, 11) is 1.78. The summed E-state index contributed by atoms with van der Waals surface area (Å²) in [5.41, 5.74) is 1.55. The lowest BCUT2D eigenvalue weighted by atomic mass is 10.1. The monoisotopic (exact) mass is 301 g/mol. The van der Waals surface area contributed by atoms with Gasteiger partial charge in [0.1, 0.15) is 0 Å². The van der Waals surface area contributed by atoms with Crippen molar-refractivity contribution in [2.24, 2.45) is 7.05 Å². The van der Waals surface area contributed by atoms with Crippen LogP contribution in [0.4, 0.5) is 0 Å². The van der Waals surface area contributed by atoms with Crippen LogP contribution in [0.1, 0.15) is 24.2 Å². The van der Waals surface area contributed by atoms with Gasteiger partial charge < -0.3 is 9.64 Å². The van der Waals surface area contributed by atoms with E-state index in [1.807, 2.05) is 43.0 Å². The molecular formula is C15H19N5O2. The number of nitrogens with zero attached hydrogens (tertiary/aromatic N) is 5. The summed E-state index contributed by atoms with van der Waals surface area (Å²) in [4.78, 5) is 14.4. The van der Waals surface area contributed by atoms with Crippen LogP contribution >= 0.6 is 0 Å². The standard InChI is InChI=1S/C15H19N5O2/c1-10-8-20(9-11(2)22-10)15(21)13-6-4-12(5-7-13)14-16-17-18-19(14)3/h4-7,10-11H,8-9H2,1-3H3/t10-,11+. The molecule has 0 aliphatic carbocycles. The summed E-state index contributed by atoms with van der Waals surface area (Å²) in [6.07, 6.45) is 0.133.